The smallest absolute Gasteiger partial charge is 0.317 e. The number of amides is 3. The Morgan fingerprint density at radius 1 is 0.871 bits per heavy atom. The van der Waals surface area contributed by atoms with Crippen molar-refractivity contribution in [3.8, 4) is 0 Å². The molecule has 0 atom stereocenters. The minimum atomic E-state index is 0.0644. The summed E-state index contributed by atoms with van der Waals surface area (Å²) in [7, 11) is 0. The molecule has 168 valence electrons. The summed E-state index contributed by atoms with van der Waals surface area (Å²) in [6, 6.07) is 11.2. The molecule has 1 saturated carbocycles. The summed E-state index contributed by atoms with van der Waals surface area (Å²) in [5.74, 6) is 0.424. The van der Waals surface area contributed by atoms with E-state index in [1.807, 2.05) is 4.90 Å². The molecule has 1 aromatic carbocycles. The Morgan fingerprint density at radius 2 is 1.55 bits per heavy atom. The molecule has 1 aliphatic carbocycles. The molecule has 3 aliphatic heterocycles. The molecule has 1 aromatic rings. The summed E-state index contributed by atoms with van der Waals surface area (Å²) in [6.07, 6.45) is 7.37. The van der Waals surface area contributed by atoms with E-state index in [-0.39, 0.29) is 11.9 Å². The van der Waals surface area contributed by atoms with E-state index >= 15 is 0 Å². The quantitative estimate of drug-likeness (QED) is 0.808. The molecule has 3 amide bonds. The number of hydrogen-bond donors (Lipinski definition) is 1. The molecule has 0 unspecified atom stereocenters. The van der Waals surface area contributed by atoms with Crippen LogP contribution in [0.25, 0.3) is 0 Å². The summed E-state index contributed by atoms with van der Waals surface area (Å²) >= 11 is 0. The number of benzene rings is 1. The molecule has 1 spiro atoms. The summed E-state index contributed by atoms with van der Waals surface area (Å²) in [4.78, 5) is 32.0. The van der Waals surface area contributed by atoms with Crippen LogP contribution in [0.1, 0.15) is 50.5 Å². The number of likely N-dealkylation sites (tertiary alicyclic amines) is 3. The lowest BCUT2D eigenvalue weighted by Crippen LogP contribution is -2.50. The Balaban J connectivity index is 1.07. The highest BCUT2D eigenvalue weighted by molar-refractivity contribution is 5.80. The van der Waals surface area contributed by atoms with Crippen molar-refractivity contribution < 1.29 is 9.59 Å². The first kappa shape index (κ1) is 20.8. The van der Waals surface area contributed by atoms with Crippen LogP contribution in [0.5, 0.6) is 0 Å². The molecular formula is C25H36N4O2. The van der Waals surface area contributed by atoms with Crippen molar-refractivity contribution in [3.63, 3.8) is 0 Å². The maximum atomic E-state index is 13.1. The third-order valence-electron chi connectivity index (χ3n) is 7.94. The van der Waals surface area contributed by atoms with Crippen LogP contribution >= 0.6 is 0 Å². The Hall–Kier alpha value is -2.08. The van der Waals surface area contributed by atoms with Crippen LogP contribution in [0, 0.1) is 11.3 Å². The van der Waals surface area contributed by atoms with Gasteiger partial charge in [-0.25, -0.2) is 4.79 Å². The van der Waals surface area contributed by atoms with E-state index in [2.05, 4.69) is 45.4 Å². The summed E-state index contributed by atoms with van der Waals surface area (Å²) < 4.78 is 0. The van der Waals surface area contributed by atoms with Crippen LogP contribution in [0.4, 0.5) is 4.79 Å². The molecule has 3 saturated heterocycles. The van der Waals surface area contributed by atoms with E-state index in [9.17, 15) is 9.59 Å². The zero-order valence-corrected chi connectivity index (χ0v) is 18.6. The Bertz CT molecular complexity index is 778. The highest BCUT2D eigenvalue weighted by atomic mass is 16.2. The van der Waals surface area contributed by atoms with Gasteiger partial charge in [-0.1, -0.05) is 30.3 Å². The Labute approximate surface area is 185 Å². The molecule has 6 heteroatoms. The second-order valence-electron chi connectivity index (χ2n) is 10.3. The van der Waals surface area contributed by atoms with Crippen molar-refractivity contribution >= 4 is 11.9 Å². The van der Waals surface area contributed by atoms with Crippen molar-refractivity contribution in [1.29, 1.82) is 0 Å². The van der Waals surface area contributed by atoms with Gasteiger partial charge < -0.3 is 15.1 Å². The van der Waals surface area contributed by atoms with Gasteiger partial charge >= 0.3 is 6.03 Å². The molecule has 0 aromatic heterocycles. The molecule has 4 aliphatic rings. The van der Waals surface area contributed by atoms with Gasteiger partial charge in [0.2, 0.25) is 5.91 Å². The average Bonchev–Trinajstić information content (AvgIpc) is 3.54. The number of hydrogen-bond acceptors (Lipinski definition) is 3. The lowest BCUT2D eigenvalue weighted by Gasteiger charge is -2.41. The standard InChI is InChI=1S/C25H36N4O2/c30-23(21-8-13-29(14-9-21)24(31)26-22-6-7-22)28-16-11-25(12-17-28)10-15-27(19-25)18-20-4-2-1-3-5-20/h1-5,21-22H,6-19H2,(H,26,31). The number of rotatable bonds is 4. The molecule has 31 heavy (non-hydrogen) atoms. The zero-order chi connectivity index (χ0) is 21.3. The number of carbonyl (C=O) groups excluding carboxylic acids is 2. The zero-order valence-electron chi connectivity index (χ0n) is 18.6. The number of urea groups is 1. The van der Waals surface area contributed by atoms with Crippen molar-refractivity contribution in [2.24, 2.45) is 11.3 Å². The van der Waals surface area contributed by atoms with E-state index in [0.717, 1.165) is 58.2 Å². The SMILES string of the molecule is O=C(NC1CC1)N1CCC(C(=O)N2CCC3(CCN(Cc4ccccc4)C3)CC2)CC1. The van der Waals surface area contributed by atoms with Gasteiger partial charge in [0, 0.05) is 51.2 Å². The Kier molecular flexibility index (Phi) is 5.91. The van der Waals surface area contributed by atoms with Gasteiger partial charge in [-0.05, 0) is 62.5 Å². The maximum absolute atomic E-state index is 13.1. The van der Waals surface area contributed by atoms with E-state index in [1.54, 1.807) is 0 Å². The van der Waals surface area contributed by atoms with Gasteiger partial charge in [0.25, 0.3) is 0 Å². The van der Waals surface area contributed by atoms with Crippen molar-refractivity contribution in [2.45, 2.75) is 57.5 Å². The molecule has 4 fully saturated rings. The first-order valence-electron chi connectivity index (χ1n) is 12.2. The summed E-state index contributed by atoms with van der Waals surface area (Å²) in [6.45, 7) is 6.60. The van der Waals surface area contributed by atoms with Gasteiger partial charge in [-0.3, -0.25) is 9.69 Å². The van der Waals surface area contributed by atoms with Gasteiger partial charge in [0.1, 0.15) is 0 Å². The number of piperidine rings is 2. The maximum Gasteiger partial charge on any atom is 0.317 e. The van der Waals surface area contributed by atoms with Gasteiger partial charge in [0.15, 0.2) is 0 Å². The lowest BCUT2D eigenvalue weighted by molar-refractivity contribution is -0.139. The number of nitrogens with one attached hydrogen (secondary N) is 1. The highest BCUT2D eigenvalue weighted by Gasteiger charge is 2.42. The fraction of sp³-hybridized carbons (Fsp3) is 0.680. The van der Waals surface area contributed by atoms with Crippen molar-refractivity contribution in [3.05, 3.63) is 35.9 Å². The fourth-order valence-electron chi connectivity index (χ4n) is 5.70. The highest BCUT2D eigenvalue weighted by Crippen LogP contribution is 2.41. The van der Waals surface area contributed by atoms with Crippen LogP contribution in [0.2, 0.25) is 0 Å². The van der Waals surface area contributed by atoms with Crippen LogP contribution in [0.3, 0.4) is 0 Å². The van der Waals surface area contributed by atoms with Crippen LogP contribution in [-0.4, -0.2) is 71.9 Å². The monoisotopic (exact) mass is 424 g/mol. The number of carbonyl (C=O) groups is 2. The second kappa shape index (κ2) is 8.81. The van der Waals surface area contributed by atoms with Crippen LogP contribution in [0.15, 0.2) is 30.3 Å². The summed E-state index contributed by atoms with van der Waals surface area (Å²) in [5.41, 5.74) is 1.79. The van der Waals surface area contributed by atoms with E-state index in [0.29, 0.717) is 30.5 Å². The molecule has 5 rings (SSSR count). The minimum absolute atomic E-state index is 0.0644. The molecule has 0 bridgehead atoms. The van der Waals surface area contributed by atoms with Gasteiger partial charge in [-0.15, -0.1) is 0 Å². The Morgan fingerprint density at radius 3 is 2.23 bits per heavy atom. The third-order valence-corrected chi connectivity index (χ3v) is 7.94. The lowest BCUT2D eigenvalue weighted by atomic mass is 9.77. The van der Waals surface area contributed by atoms with Gasteiger partial charge in [0.05, 0.1) is 0 Å². The van der Waals surface area contributed by atoms with Crippen LogP contribution in [-0.2, 0) is 11.3 Å². The largest absolute Gasteiger partial charge is 0.342 e. The van der Waals surface area contributed by atoms with Crippen molar-refractivity contribution in [1.82, 2.24) is 20.0 Å². The molecule has 1 N–H and O–H groups in total. The van der Waals surface area contributed by atoms with E-state index < -0.39 is 0 Å². The first-order chi connectivity index (χ1) is 15.1. The molecule has 6 nitrogen and oxygen atoms in total. The van der Waals surface area contributed by atoms with Gasteiger partial charge in [-0.2, -0.15) is 0 Å². The molecule has 0 radical (unpaired) electrons. The topological polar surface area (TPSA) is 55.9 Å². The molecule has 3 heterocycles. The van der Waals surface area contributed by atoms with E-state index in [4.69, 9.17) is 0 Å². The third kappa shape index (κ3) is 4.89. The minimum Gasteiger partial charge on any atom is -0.342 e. The number of nitrogens with zero attached hydrogens (tertiary/aromatic N) is 3. The normalized spacial score (nSPS) is 24.5. The average molecular weight is 425 g/mol. The first-order valence-corrected chi connectivity index (χ1v) is 12.2. The predicted molar refractivity (Wildman–Crippen MR) is 120 cm³/mol. The van der Waals surface area contributed by atoms with Crippen molar-refractivity contribution in [2.75, 3.05) is 39.3 Å². The molecular weight excluding hydrogens is 388 g/mol. The second-order valence-corrected chi connectivity index (χ2v) is 10.3. The summed E-state index contributed by atoms with van der Waals surface area (Å²) in [5, 5.41) is 3.07. The van der Waals surface area contributed by atoms with E-state index in [1.165, 1.54) is 25.1 Å². The van der Waals surface area contributed by atoms with Crippen LogP contribution < -0.4 is 5.32 Å². The fourth-order valence-corrected chi connectivity index (χ4v) is 5.70. The predicted octanol–water partition coefficient (Wildman–Crippen LogP) is 3.09.